The fourth-order valence-electron chi connectivity index (χ4n) is 1.55. The van der Waals surface area contributed by atoms with E-state index in [0.29, 0.717) is 5.52 Å². The van der Waals surface area contributed by atoms with E-state index in [0.717, 1.165) is 4.57 Å². The van der Waals surface area contributed by atoms with Crippen molar-refractivity contribution < 1.29 is 17.6 Å². The van der Waals surface area contributed by atoms with Crippen molar-refractivity contribution in [1.82, 2.24) is 14.5 Å². The molecular weight excluding hydrogens is 274 g/mol. The average Bonchev–Trinajstić information content (AvgIpc) is 2.67. The Kier molecular flexibility index (Phi) is 3.43. The van der Waals surface area contributed by atoms with Gasteiger partial charge in [0.1, 0.15) is 11.3 Å². The number of hydrogen-bond acceptors (Lipinski definition) is 2. The van der Waals surface area contributed by atoms with E-state index in [9.17, 15) is 17.6 Å². The molecule has 0 atom stereocenters. The van der Waals surface area contributed by atoms with Crippen LogP contribution in [0.5, 0.6) is 0 Å². The van der Waals surface area contributed by atoms with E-state index >= 15 is 0 Å². The number of fused-ring (bicyclic) bond motifs is 1. The first-order valence-electron chi connectivity index (χ1n) is 4.98. The van der Waals surface area contributed by atoms with Crippen LogP contribution < -0.4 is 0 Å². The zero-order chi connectivity index (χ0) is 13.3. The molecule has 0 aromatic carbocycles. The Morgan fingerprint density at radius 2 is 2.11 bits per heavy atom. The van der Waals surface area contributed by atoms with E-state index < -0.39 is 18.9 Å². The van der Waals surface area contributed by atoms with E-state index in [2.05, 4.69) is 9.97 Å². The predicted molar refractivity (Wildman–Crippen MR) is 58.0 cm³/mol. The second kappa shape index (κ2) is 4.72. The normalized spacial score (nSPS) is 12.6. The van der Waals surface area contributed by atoms with Gasteiger partial charge < -0.3 is 4.57 Å². The van der Waals surface area contributed by atoms with Gasteiger partial charge in [-0.25, -0.2) is 18.7 Å². The molecule has 8 heteroatoms. The number of pyridine rings is 1. The van der Waals surface area contributed by atoms with Gasteiger partial charge in [-0.3, -0.25) is 0 Å². The summed E-state index contributed by atoms with van der Waals surface area (Å²) < 4.78 is 51.5. The maximum absolute atomic E-state index is 13.1. The minimum atomic E-state index is -4.15. The highest BCUT2D eigenvalue weighted by molar-refractivity contribution is 6.16. The van der Waals surface area contributed by atoms with Gasteiger partial charge in [0.25, 0.3) is 0 Å². The molecule has 0 aliphatic rings. The van der Waals surface area contributed by atoms with Crippen molar-refractivity contribution in [2.45, 2.75) is 24.8 Å². The van der Waals surface area contributed by atoms with Gasteiger partial charge in [-0.1, -0.05) is 0 Å². The lowest BCUT2D eigenvalue weighted by Gasteiger charge is -2.17. The third-order valence-electron chi connectivity index (χ3n) is 2.39. The molecule has 2 rings (SSSR count). The quantitative estimate of drug-likeness (QED) is 0.637. The molecule has 0 radical (unpaired) electrons. The standard InChI is InChI=1S/C10H8ClF4N3/c11-4-7-17-6-2-1-3-16-8(6)18(7)5-10(14,15)9(12)13/h1-3,9H,4-5H2. The van der Waals surface area contributed by atoms with E-state index in [-0.39, 0.29) is 17.4 Å². The molecular formula is C10H8ClF4N3. The summed E-state index contributed by atoms with van der Waals surface area (Å²) in [6.07, 6.45) is -2.37. The molecule has 2 aromatic heterocycles. The zero-order valence-corrected chi connectivity index (χ0v) is 9.71. The Hall–Kier alpha value is -1.37. The van der Waals surface area contributed by atoms with Crippen LogP contribution in [0.25, 0.3) is 11.2 Å². The molecule has 0 bridgehead atoms. The number of imidazole rings is 1. The largest absolute Gasteiger partial charge is 0.324 e. The van der Waals surface area contributed by atoms with Gasteiger partial charge in [0.15, 0.2) is 5.65 Å². The third-order valence-corrected chi connectivity index (χ3v) is 2.63. The van der Waals surface area contributed by atoms with Crippen LogP contribution >= 0.6 is 11.6 Å². The Morgan fingerprint density at radius 1 is 1.39 bits per heavy atom. The number of rotatable bonds is 4. The van der Waals surface area contributed by atoms with Crippen LogP contribution in [0, 0.1) is 0 Å². The van der Waals surface area contributed by atoms with Crippen LogP contribution in [0.4, 0.5) is 17.6 Å². The second-order valence-electron chi connectivity index (χ2n) is 3.66. The molecule has 2 aromatic rings. The molecule has 0 unspecified atom stereocenters. The highest BCUT2D eigenvalue weighted by Gasteiger charge is 2.42. The van der Waals surface area contributed by atoms with Gasteiger partial charge in [-0.15, -0.1) is 11.6 Å². The smallest absolute Gasteiger partial charge is 0.305 e. The van der Waals surface area contributed by atoms with Crippen molar-refractivity contribution in [3.8, 4) is 0 Å². The monoisotopic (exact) mass is 281 g/mol. The van der Waals surface area contributed by atoms with E-state index in [1.807, 2.05) is 0 Å². The maximum atomic E-state index is 13.1. The van der Waals surface area contributed by atoms with Gasteiger partial charge in [0.2, 0.25) is 0 Å². The van der Waals surface area contributed by atoms with Crippen LogP contribution in [0.15, 0.2) is 18.3 Å². The Morgan fingerprint density at radius 3 is 2.72 bits per heavy atom. The van der Waals surface area contributed by atoms with Crippen LogP contribution in [0.3, 0.4) is 0 Å². The summed E-state index contributed by atoms with van der Waals surface area (Å²) >= 11 is 5.57. The molecule has 0 aliphatic carbocycles. The number of hydrogen-bond donors (Lipinski definition) is 0. The third kappa shape index (κ3) is 2.27. The second-order valence-corrected chi connectivity index (χ2v) is 3.92. The molecule has 3 nitrogen and oxygen atoms in total. The van der Waals surface area contributed by atoms with Gasteiger partial charge in [0, 0.05) is 6.20 Å². The van der Waals surface area contributed by atoms with Crippen molar-refractivity contribution in [2.75, 3.05) is 0 Å². The number of nitrogens with zero attached hydrogens (tertiary/aromatic N) is 3. The summed E-state index contributed by atoms with van der Waals surface area (Å²) in [7, 11) is 0. The van der Waals surface area contributed by atoms with Crippen LogP contribution in [0.1, 0.15) is 5.82 Å². The summed E-state index contributed by atoms with van der Waals surface area (Å²) in [6.45, 7) is -1.19. The molecule has 0 saturated carbocycles. The van der Waals surface area contributed by atoms with Gasteiger partial charge in [0.05, 0.1) is 12.4 Å². The fourth-order valence-corrected chi connectivity index (χ4v) is 1.76. The van der Waals surface area contributed by atoms with Crippen molar-refractivity contribution in [2.24, 2.45) is 0 Å². The Labute approximate surface area is 104 Å². The van der Waals surface area contributed by atoms with Gasteiger partial charge in [-0.05, 0) is 12.1 Å². The molecule has 0 spiro atoms. The van der Waals surface area contributed by atoms with Crippen molar-refractivity contribution in [3.63, 3.8) is 0 Å². The van der Waals surface area contributed by atoms with Gasteiger partial charge >= 0.3 is 12.3 Å². The lowest BCUT2D eigenvalue weighted by molar-refractivity contribution is -0.137. The summed E-state index contributed by atoms with van der Waals surface area (Å²) in [6, 6.07) is 3.12. The first kappa shape index (κ1) is 13.1. The summed E-state index contributed by atoms with van der Waals surface area (Å²) in [5, 5.41) is 0. The minimum absolute atomic E-state index is 0.0886. The van der Waals surface area contributed by atoms with E-state index in [1.165, 1.54) is 6.20 Å². The highest BCUT2D eigenvalue weighted by Crippen LogP contribution is 2.27. The number of halogens is 5. The summed E-state index contributed by atoms with van der Waals surface area (Å²) in [5.74, 6) is -4.22. The van der Waals surface area contributed by atoms with Crippen LogP contribution in [-0.2, 0) is 12.4 Å². The number of alkyl halides is 5. The minimum Gasteiger partial charge on any atom is -0.305 e. The molecule has 0 amide bonds. The molecule has 0 N–H and O–H groups in total. The fraction of sp³-hybridized carbons (Fsp3) is 0.400. The first-order chi connectivity index (χ1) is 8.45. The molecule has 98 valence electrons. The summed E-state index contributed by atoms with van der Waals surface area (Å²) in [5.41, 5.74) is 0.465. The molecule has 2 heterocycles. The lowest BCUT2D eigenvalue weighted by atomic mass is 10.3. The van der Waals surface area contributed by atoms with Crippen LogP contribution in [0.2, 0.25) is 0 Å². The molecule has 0 fully saturated rings. The first-order valence-corrected chi connectivity index (χ1v) is 5.51. The van der Waals surface area contributed by atoms with E-state index in [1.54, 1.807) is 12.1 Å². The maximum Gasteiger partial charge on any atom is 0.324 e. The predicted octanol–water partition coefficient (Wildman–Crippen LogP) is 3.07. The Bertz CT molecular complexity index is 555. The highest BCUT2D eigenvalue weighted by atomic mass is 35.5. The van der Waals surface area contributed by atoms with Crippen LogP contribution in [-0.4, -0.2) is 26.9 Å². The lowest BCUT2D eigenvalue weighted by Crippen LogP contribution is -2.32. The van der Waals surface area contributed by atoms with Gasteiger partial charge in [-0.2, -0.15) is 8.78 Å². The Balaban J connectivity index is 2.49. The molecule has 0 aliphatic heterocycles. The topological polar surface area (TPSA) is 30.7 Å². The molecule has 0 saturated heterocycles. The van der Waals surface area contributed by atoms with E-state index in [4.69, 9.17) is 11.6 Å². The number of aromatic nitrogens is 3. The SMILES string of the molecule is FC(F)C(F)(F)Cn1c(CCl)nc2cccnc21. The average molecular weight is 282 g/mol. The van der Waals surface area contributed by atoms with Crippen molar-refractivity contribution in [3.05, 3.63) is 24.2 Å². The van der Waals surface area contributed by atoms with Crippen molar-refractivity contribution in [1.29, 1.82) is 0 Å². The zero-order valence-electron chi connectivity index (χ0n) is 8.96. The van der Waals surface area contributed by atoms with Crippen molar-refractivity contribution >= 4 is 22.8 Å². The molecule has 18 heavy (non-hydrogen) atoms. The summed E-state index contributed by atoms with van der Waals surface area (Å²) in [4.78, 5) is 7.82.